The molecule has 24 heteroatoms. The van der Waals surface area contributed by atoms with Crippen molar-refractivity contribution in [2.45, 2.75) is 111 Å². The molecule has 18 atom stereocenters. The Bertz CT molecular complexity index is 1150. The third-order valence-corrected chi connectivity index (χ3v) is 8.12. The summed E-state index contributed by atoms with van der Waals surface area (Å²) in [6.45, 7) is -2.94. The zero-order chi connectivity index (χ0) is 36.3. The number of hydrogen-bond donors (Lipinski definition) is 12. The average Bonchev–Trinajstić information content (AvgIpc) is 3.06. The number of ether oxygens (including phenoxy) is 8. The van der Waals surface area contributed by atoms with Gasteiger partial charge >= 0.3 is 35.5 Å². The van der Waals surface area contributed by atoms with Gasteiger partial charge in [0.1, 0.15) is 97.1 Å². The second kappa shape index (κ2) is 18.7. The van der Waals surface area contributed by atoms with Crippen molar-refractivity contribution in [1.29, 1.82) is 0 Å². The number of aliphatic carboxylic acids is 2. The second-order valence-corrected chi connectivity index (χ2v) is 11.5. The van der Waals surface area contributed by atoms with Crippen molar-refractivity contribution in [2.75, 3.05) is 26.4 Å². The van der Waals surface area contributed by atoms with E-state index in [1.54, 1.807) is 0 Å². The van der Waals surface area contributed by atoms with Crippen LogP contribution in [0.5, 0.6) is 0 Å². The molecule has 0 saturated carbocycles. The zero-order valence-corrected chi connectivity index (χ0v) is 28.3. The van der Waals surface area contributed by atoms with Gasteiger partial charge in [-0.05, 0) is 6.08 Å². The smallest absolute Gasteiger partial charge is 0.542 e. The Hall–Kier alpha value is -1.24. The summed E-state index contributed by atoms with van der Waals surface area (Å²) in [6.07, 6.45) is -30.4. The summed E-state index contributed by atoms with van der Waals surface area (Å²) < 4.78 is 42.8. The van der Waals surface area contributed by atoms with E-state index in [0.29, 0.717) is 6.08 Å². The molecule has 50 heavy (non-hydrogen) atoms. The molecule has 4 heterocycles. The third-order valence-electron chi connectivity index (χ3n) is 8.12. The van der Waals surface area contributed by atoms with Gasteiger partial charge in [-0.25, -0.2) is 0 Å². The predicted molar refractivity (Wildman–Crippen MR) is 143 cm³/mol. The van der Waals surface area contributed by atoms with Gasteiger partial charge in [0.2, 0.25) is 6.29 Å². The first-order chi connectivity index (χ1) is 23.1. The molecule has 4 rings (SSSR count). The molecule has 0 radical (unpaired) electrons. The van der Waals surface area contributed by atoms with Crippen molar-refractivity contribution >= 4 is 11.9 Å². The van der Waals surface area contributed by atoms with Crippen LogP contribution in [0.2, 0.25) is 0 Å². The Morgan fingerprint density at radius 1 is 0.780 bits per heavy atom. The summed E-state index contributed by atoms with van der Waals surface area (Å²) in [6, 6.07) is -1.46. The molecule has 7 unspecified atom stereocenters. The molecule has 0 bridgehead atoms. The Morgan fingerprint density at radius 3 is 1.80 bits per heavy atom. The number of carbonyl (C=O) groups is 2. The van der Waals surface area contributed by atoms with Crippen LogP contribution in [0, 0.1) is 0 Å². The average molecular weight is 742 g/mol. The van der Waals surface area contributed by atoms with E-state index in [4.69, 9.17) is 48.7 Å². The van der Waals surface area contributed by atoms with E-state index in [1.165, 1.54) is 0 Å². The van der Waals surface area contributed by atoms with E-state index >= 15 is 0 Å². The van der Waals surface area contributed by atoms with Gasteiger partial charge in [-0.1, -0.05) is 0 Å². The Balaban J connectivity index is 0.00000676. The quantitative estimate of drug-likeness (QED) is 0.0779. The molecular formula is C26H40NNaO22. The molecular weight excluding hydrogens is 701 g/mol. The second-order valence-electron chi connectivity index (χ2n) is 11.5. The topological polar surface area (TPSA) is 380 Å². The summed E-state index contributed by atoms with van der Waals surface area (Å²) in [7, 11) is 0. The van der Waals surface area contributed by atoms with Gasteiger partial charge in [0.05, 0.1) is 26.4 Å². The minimum absolute atomic E-state index is 0. The number of aliphatic hydroxyl groups excluding tert-OH is 10. The van der Waals surface area contributed by atoms with Crippen LogP contribution in [-0.4, -0.2) is 205 Å². The van der Waals surface area contributed by atoms with Crippen LogP contribution in [0.25, 0.3) is 0 Å². The maximum atomic E-state index is 11.3. The van der Waals surface area contributed by atoms with Gasteiger partial charge in [0, 0.05) is 0 Å². The van der Waals surface area contributed by atoms with Crippen LogP contribution in [0.15, 0.2) is 11.8 Å². The Morgan fingerprint density at radius 2 is 1.30 bits per heavy atom. The number of aliphatic hydroxyl groups is 10. The molecule has 0 spiro atoms. The SMILES string of the molecule is NC(CO[C@@H]1OC[C@H](O[C@@H]2OC(CO)[C@H](O)[C@@H](O[C@@H]3OC(CO)[C@H](O)[C@@H](O[C@@H]4OC(C(=O)[O-])=C[C@@H](O)C4O)C3O)C2O)[C@@H](O)C1O)C(=O)O.[Na+]. The monoisotopic (exact) mass is 741 g/mol. The van der Waals surface area contributed by atoms with E-state index in [9.17, 15) is 65.8 Å². The Kier molecular flexibility index (Phi) is 16.1. The first-order valence-electron chi connectivity index (χ1n) is 14.8. The van der Waals surface area contributed by atoms with Gasteiger partial charge in [-0.3, -0.25) is 4.79 Å². The molecule has 23 nitrogen and oxygen atoms in total. The Labute approximate surface area is 304 Å². The first-order valence-corrected chi connectivity index (χ1v) is 14.8. The number of carboxylic acid groups (broad SMARTS) is 2. The molecule has 282 valence electrons. The summed E-state index contributed by atoms with van der Waals surface area (Å²) in [5.74, 6) is -4.23. The summed E-state index contributed by atoms with van der Waals surface area (Å²) in [5.41, 5.74) is 5.35. The van der Waals surface area contributed by atoms with E-state index < -0.39 is 155 Å². The largest absolute Gasteiger partial charge is 1.00 e. The van der Waals surface area contributed by atoms with E-state index in [0.717, 1.165) is 0 Å². The number of carboxylic acids is 2. The van der Waals surface area contributed by atoms with Crippen molar-refractivity contribution < 1.29 is 138 Å². The van der Waals surface area contributed by atoms with Gasteiger partial charge in [0.15, 0.2) is 18.9 Å². The first kappa shape index (κ1) is 43.2. The van der Waals surface area contributed by atoms with Crippen LogP contribution in [0.3, 0.4) is 0 Å². The third kappa shape index (κ3) is 9.64. The van der Waals surface area contributed by atoms with Gasteiger partial charge in [0.25, 0.3) is 0 Å². The van der Waals surface area contributed by atoms with E-state index in [2.05, 4.69) is 0 Å². The fourth-order valence-corrected chi connectivity index (χ4v) is 5.31. The van der Waals surface area contributed by atoms with E-state index in [1.807, 2.05) is 0 Å². The summed E-state index contributed by atoms with van der Waals surface area (Å²) in [4.78, 5) is 22.2. The molecule has 3 fully saturated rings. The molecule has 0 aromatic carbocycles. The number of nitrogens with two attached hydrogens (primary N) is 1. The normalized spacial score (nSPS) is 44.3. The molecule has 4 aliphatic heterocycles. The van der Waals surface area contributed by atoms with Crippen LogP contribution in [0.1, 0.15) is 0 Å². The minimum atomic E-state index is -2.10. The number of rotatable bonds is 13. The maximum Gasteiger partial charge on any atom is 1.00 e. The van der Waals surface area contributed by atoms with Gasteiger partial charge in [-0.15, -0.1) is 0 Å². The standard InChI is InChI=1S/C26H41NO22.Na/c27-6(21(38)39)4-42-23-16(35)13(32)11(5-43-23)47-25-17(36)19(14(33)9(2-28)45-25)49-26-18(37)20(15(34)10(3-29)46-26)48-24-12(31)7(30)1-8(44-24)22(40)41;/h1,6-7,9-20,23-26,28-37H,2-5,27H2,(H,38,39)(H,40,41);/q;+1/p-1/t6?,7-,9?,10?,11+,12?,13-,14+,15+,16?,17?,18?,19-,20-,23-,24+,25+,26+;/m1./s1. The number of hydrogen-bond acceptors (Lipinski definition) is 22. The van der Waals surface area contributed by atoms with Crippen LogP contribution < -0.4 is 40.4 Å². The van der Waals surface area contributed by atoms with E-state index in [-0.39, 0.29) is 29.6 Å². The molecule has 0 amide bonds. The zero-order valence-electron chi connectivity index (χ0n) is 26.3. The molecule has 3 saturated heterocycles. The maximum absolute atomic E-state index is 11.3. The summed E-state index contributed by atoms with van der Waals surface area (Å²) >= 11 is 0. The van der Waals surface area contributed by atoms with Crippen molar-refractivity contribution in [3.05, 3.63) is 11.8 Å². The van der Waals surface area contributed by atoms with Gasteiger partial charge in [-0.2, -0.15) is 0 Å². The van der Waals surface area contributed by atoms with Gasteiger partial charge < -0.3 is 110 Å². The van der Waals surface area contributed by atoms with Crippen molar-refractivity contribution in [2.24, 2.45) is 5.73 Å². The molecule has 0 aromatic rings. The fraction of sp³-hybridized carbons (Fsp3) is 0.846. The fourth-order valence-electron chi connectivity index (χ4n) is 5.31. The van der Waals surface area contributed by atoms with Crippen LogP contribution in [0.4, 0.5) is 0 Å². The predicted octanol–water partition coefficient (Wildman–Crippen LogP) is -12.8. The van der Waals surface area contributed by atoms with Crippen molar-refractivity contribution in [3.8, 4) is 0 Å². The summed E-state index contributed by atoms with van der Waals surface area (Å²) in [5, 5.41) is 125. The van der Waals surface area contributed by atoms with Crippen molar-refractivity contribution in [3.63, 3.8) is 0 Å². The molecule has 4 aliphatic rings. The molecule has 0 aromatic heterocycles. The minimum Gasteiger partial charge on any atom is -0.542 e. The molecule has 13 N–H and O–H groups in total. The molecule has 0 aliphatic carbocycles. The van der Waals surface area contributed by atoms with Crippen LogP contribution >= 0.6 is 0 Å². The van der Waals surface area contributed by atoms with Crippen molar-refractivity contribution in [1.82, 2.24) is 0 Å². The van der Waals surface area contributed by atoms with Crippen LogP contribution in [-0.2, 0) is 47.5 Å². The number of carbonyl (C=O) groups excluding carboxylic acids is 1.